The van der Waals surface area contributed by atoms with Crippen LogP contribution in [-0.2, 0) is 10.0 Å². The summed E-state index contributed by atoms with van der Waals surface area (Å²) in [5.74, 6) is -0.403. The fraction of sp³-hybridized carbons (Fsp3) is 0.533. The predicted molar refractivity (Wildman–Crippen MR) is 83.0 cm³/mol. The summed E-state index contributed by atoms with van der Waals surface area (Å²) in [6, 6.07) is 5.52. The second-order valence-corrected chi connectivity index (χ2v) is 7.40. The molecule has 1 aromatic carbocycles. The highest BCUT2D eigenvalue weighted by Gasteiger charge is 2.23. The van der Waals surface area contributed by atoms with E-state index in [1.54, 1.807) is 19.1 Å². The molecule has 1 aromatic rings. The van der Waals surface area contributed by atoms with E-state index in [1.807, 2.05) is 0 Å². The number of rotatable bonds is 6. The topological polar surface area (TPSA) is 95.5 Å². The van der Waals surface area contributed by atoms with Crippen molar-refractivity contribution in [3.05, 3.63) is 29.8 Å². The lowest BCUT2D eigenvalue weighted by Gasteiger charge is -2.14. The molecule has 7 heteroatoms. The van der Waals surface area contributed by atoms with Gasteiger partial charge in [-0.1, -0.05) is 18.9 Å². The lowest BCUT2D eigenvalue weighted by molar-refractivity contribution is 0.0922. The van der Waals surface area contributed by atoms with Crippen LogP contribution in [0.5, 0.6) is 0 Å². The normalized spacial score (nSPS) is 17.4. The third-order valence-electron chi connectivity index (χ3n) is 3.73. The molecule has 122 valence electrons. The van der Waals surface area contributed by atoms with Crippen LogP contribution in [0.15, 0.2) is 29.2 Å². The SMILES string of the molecule is CC(CO)NC(=O)c1cccc(S(=O)(=O)NC2CCCC2)c1. The number of hydrogen-bond donors (Lipinski definition) is 3. The number of carbonyl (C=O) groups excluding carboxylic acids is 1. The van der Waals surface area contributed by atoms with Crippen molar-refractivity contribution in [3.8, 4) is 0 Å². The molecule has 1 unspecified atom stereocenters. The molecule has 22 heavy (non-hydrogen) atoms. The van der Waals surface area contributed by atoms with Gasteiger partial charge in [0.05, 0.1) is 11.5 Å². The third-order valence-corrected chi connectivity index (χ3v) is 5.25. The molecule has 3 N–H and O–H groups in total. The molecule has 0 heterocycles. The summed E-state index contributed by atoms with van der Waals surface area (Å²) in [7, 11) is -3.61. The number of aliphatic hydroxyl groups excluding tert-OH is 1. The van der Waals surface area contributed by atoms with Gasteiger partial charge in [-0.05, 0) is 38.0 Å². The Labute approximate surface area is 131 Å². The van der Waals surface area contributed by atoms with Crippen molar-refractivity contribution < 1.29 is 18.3 Å². The lowest BCUT2D eigenvalue weighted by Crippen LogP contribution is -2.35. The summed E-state index contributed by atoms with van der Waals surface area (Å²) in [5.41, 5.74) is 0.259. The molecular weight excluding hydrogens is 304 g/mol. The molecule has 1 aliphatic rings. The first-order valence-electron chi connectivity index (χ1n) is 7.46. The molecule has 1 saturated carbocycles. The van der Waals surface area contributed by atoms with Gasteiger partial charge in [0.2, 0.25) is 10.0 Å². The summed E-state index contributed by atoms with van der Waals surface area (Å²) < 4.78 is 27.4. The Hall–Kier alpha value is -1.44. The zero-order valence-corrected chi connectivity index (χ0v) is 13.4. The number of nitrogens with one attached hydrogen (secondary N) is 2. The molecule has 1 fully saturated rings. The van der Waals surface area contributed by atoms with E-state index in [0.717, 1.165) is 25.7 Å². The maximum atomic E-state index is 12.4. The first-order valence-corrected chi connectivity index (χ1v) is 8.95. The number of hydrogen-bond acceptors (Lipinski definition) is 4. The van der Waals surface area contributed by atoms with Crippen LogP contribution in [0.3, 0.4) is 0 Å². The summed E-state index contributed by atoms with van der Waals surface area (Å²) >= 11 is 0. The molecule has 0 spiro atoms. The molecule has 0 saturated heterocycles. The van der Waals surface area contributed by atoms with E-state index in [1.165, 1.54) is 12.1 Å². The second-order valence-electron chi connectivity index (χ2n) is 5.69. The van der Waals surface area contributed by atoms with E-state index in [4.69, 9.17) is 5.11 Å². The summed E-state index contributed by atoms with van der Waals surface area (Å²) in [4.78, 5) is 12.1. The molecule has 1 aliphatic carbocycles. The largest absolute Gasteiger partial charge is 0.394 e. The van der Waals surface area contributed by atoms with Crippen LogP contribution in [-0.4, -0.2) is 38.1 Å². The molecule has 2 rings (SSSR count). The zero-order valence-electron chi connectivity index (χ0n) is 12.6. The molecule has 1 atom stereocenters. The van der Waals surface area contributed by atoms with E-state index in [9.17, 15) is 13.2 Å². The highest BCUT2D eigenvalue weighted by Crippen LogP contribution is 2.20. The van der Waals surface area contributed by atoms with Gasteiger partial charge in [-0.25, -0.2) is 13.1 Å². The number of amides is 1. The predicted octanol–water partition coefficient (Wildman–Crippen LogP) is 1.02. The van der Waals surface area contributed by atoms with Crippen LogP contribution >= 0.6 is 0 Å². The first kappa shape index (κ1) is 16.9. The molecule has 0 aliphatic heterocycles. The number of aliphatic hydroxyl groups is 1. The van der Waals surface area contributed by atoms with Crippen LogP contribution in [0.25, 0.3) is 0 Å². The Kier molecular flexibility index (Phi) is 5.55. The fourth-order valence-electron chi connectivity index (χ4n) is 2.49. The van der Waals surface area contributed by atoms with E-state index in [0.29, 0.717) is 0 Å². The van der Waals surface area contributed by atoms with Crippen LogP contribution in [0.1, 0.15) is 43.0 Å². The van der Waals surface area contributed by atoms with Gasteiger partial charge in [0, 0.05) is 17.6 Å². The van der Waals surface area contributed by atoms with Gasteiger partial charge < -0.3 is 10.4 Å². The number of sulfonamides is 1. The summed E-state index contributed by atoms with van der Waals surface area (Å²) in [5, 5.41) is 11.5. The Balaban J connectivity index is 2.14. The first-order chi connectivity index (χ1) is 10.4. The van der Waals surface area contributed by atoms with Gasteiger partial charge in [0.1, 0.15) is 0 Å². The standard InChI is InChI=1S/C15H22N2O4S/c1-11(10-18)16-15(19)12-5-4-8-14(9-12)22(20,21)17-13-6-2-3-7-13/h4-5,8-9,11,13,17-18H,2-3,6-7,10H2,1H3,(H,16,19). The highest BCUT2D eigenvalue weighted by molar-refractivity contribution is 7.89. The van der Waals surface area contributed by atoms with E-state index in [2.05, 4.69) is 10.0 Å². The van der Waals surface area contributed by atoms with E-state index in [-0.39, 0.29) is 29.1 Å². The quantitative estimate of drug-likeness (QED) is 0.727. The van der Waals surface area contributed by atoms with Gasteiger partial charge in [0.15, 0.2) is 0 Å². The van der Waals surface area contributed by atoms with Crippen LogP contribution in [0.2, 0.25) is 0 Å². The Morgan fingerprint density at radius 2 is 2.05 bits per heavy atom. The average Bonchev–Trinajstić information content (AvgIpc) is 2.99. The molecule has 6 nitrogen and oxygen atoms in total. The van der Waals surface area contributed by atoms with Gasteiger partial charge in [-0.15, -0.1) is 0 Å². The minimum Gasteiger partial charge on any atom is -0.394 e. The van der Waals surface area contributed by atoms with Crippen molar-refractivity contribution in [2.24, 2.45) is 0 Å². The average molecular weight is 326 g/mol. The minimum absolute atomic E-state index is 0.0168. The maximum Gasteiger partial charge on any atom is 0.251 e. The van der Waals surface area contributed by atoms with Crippen molar-refractivity contribution in [2.45, 2.75) is 49.6 Å². The monoisotopic (exact) mass is 326 g/mol. The van der Waals surface area contributed by atoms with Gasteiger partial charge in [0.25, 0.3) is 5.91 Å². The Bertz CT molecular complexity index is 624. The second kappa shape index (κ2) is 7.21. The highest BCUT2D eigenvalue weighted by atomic mass is 32.2. The Morgan fingerprint density at radius 1 is 1.36 bits per heavy atom. The maximum absolute atomic E-state index is 12.4. The van der Waals surface area contributed by atoms with Crippen molar-refractivity contribution >= 4 is 15.9 Å². The van der Waals surface area contributed by atoms with Crippen molar-refractivity contribution in [1.82, 2.24) is 10.0 Å². The van der Waals surface area contributed by atoms with Crippen LogP contribution in [0, 0.1) is 0 Å². The molecule has 0 bridgehead atoms. The van der Waals surface area contributed by atoms with Crippen molar-refractivity contribution in [3.63, 3.8) is 0 Å². The summed E-state index contributed by atoms with van der Waals surface area (Å²) in [6.45, 7) is 1.49. The molecule has 0 aromatic heterocycles. The van der Waals surface area contributed by atoms with Crippen molar-refractivity contribution in [1.29, 1.82) is 0 Å². The van der Waals surface area contributed by atoms with E-state index < -0.39 is 15.9 Å². The van der Waals surface area contributed by atoms with Gasteiger partial charge >= 0.3 is 0 Å². The van der Waals surface area contributed by atoms with Crippen molar-refractivity contribution in [2.75, 3.05) is 6.61 Å². The fourth-order valence-corrected chi connectivity index (χ4v) is 3.84. The van der Waals surface area contributed by atoms with E-state index >= 15 is 0 Å². The number of carbonyl (C=O) groups is 1. The molecule has 1 amide bonds. The summed E-state index contributed by atoms with van der Waals surface area (Å²) in [6.07, 6.45) is 3.78. The van der Waals surface area contributed by atoms with Gasteiger partial charge in [-0.2, -0.15) is 0 Å². The smallest absolute Gasteiger partial charge is 0.251 e. The minimum atomic E-state index is -3.61. The van der Waals surface area contributed by atoms with Gasteiger partial charge in [-0.3, -0.25) is 4.79 Å². The molecular formula is C15H22N2O4S. The molecule has 0 radical (unpaired) electrons. The lowest BCUT2D eigenvalue weighted by atomic mass is 10.2. The number of benzene rings is 1. The third kappa shape index (κ3) is 4.28. The zero-order chi connectivity index (χ0) is 16.2. The van der Waals surface area contributed by atoms with Crippen LogP contribution in [0.4, 0.5) is 0 Å². The van der Waals surface area contributed by atoms with Crippen LogP contribution < -0.4 is 10.0 Å². The Morgan fingerprint density at radius 3 is 2.68 bits per heavy atom.